The number of amidine groups is 1. The highest BCUT2D eigenvalue weighted by Crippen LogP contribution is 2.41. The van der Waals surface area contributed by atoms with E-state index in [1.165, 1.54) is 28.9 Å². The summed E-state index contributed by atoms with van der Waals surface area (Å²) in [6, 6.07) is 15.7. The van der Waals surface area contributed by atoms with E-state index in [-0.39, 0.29) is 27.5 Å². The number of alkyl halides is 1. The number of rotatable bonds is 9. The van der Waals surface area contributed by atoms with E-state index in [0.29, 0.717) is 33.6 Å². The Morgan fingerprint density at radius 3 is 2.50 bits per heavy atom. The van der Waals surface area contributed by atoms with Crippen molar-refractivity contribution in [3.8, 4) is 5.75 Å². The number of thioether (sulfide) groups is 1. The lowest BCUT2D eigenvalue weighted by atomic mass is 10.0. The Morgan fingerprint density at radius 2 is 1.80 bits per heavy atom. The van der Waals surface area contributed by atoms with Crippen LogP contribution in [0.2, 0.25) is 15.1 Å². The first kappa shape index (κ1) is 34.2. The second kappa shape index (κ2) is 14.7. The minimum atomic E-state index is -0.849. The zero-order valence-electron chi connectivity index (χ0n) is 25.5. The fraction of sp³-hybridized carbons (Fsp3) is 0.265. The van der Waals surface area contributed by atoms with E-state index in [4.69, 9.17) is 56.1 Å². The van der Waals surface area contributed by atoms with Gasteiger partial charge in [-0.25, -0.2) is 5.01 Å². The highest BCUT2D eigenvalue weighted by atomic mass is 35.5. The molecule has 12 heteroatoms. The highest BCUT2D eigenvalue weighted by Gasteiger charge is 2.42. The lowest BCUT2D eigenvalue weighted by Crippen LogP contribution is -2.37. The molecule has 1 aliphatic heterocycles. The van der Waals surface area contributed by atoms with Gasteiger partial charge in [0.2, 0.25) is 0 Å². The summed E-state index contributed by atoms with van der Waals surface area (Å²) < 4.78 is 6.12. The SMILES string of the molecule is CCC(Oc1ccc(C)cc1C)C(=O)Nc1ccccc1SC1C(=O)N(c2c(Cl)cc(Cl)cc2Cl)NC1=NC1C=C(C)C=CC1Cl. The Bertz CT molecular complexity index is 1740. The number of nitrogens with zero attached hydrogens (tertiary/aromatic N) is 2. The summed E-state index contributed by atoms with van der Waals surface area (Å²) in [5, 5.41) is 3.75. The minimum Gasteiger partial charge on any atom is -0.480 e. The smallest absolute Gasteiger partial charge is 0.267 e. The fourth-order valence-electron chi connectivity index (χ4n) is 5.04. The first-order chi connectivity index (χ1) is 21.9. The number of para-hydroxylation sites is 1. The van der Waals surface area contributed by atoms with Gasteiger partial charge < -0.3 is 10.1 Å². The summed E-state index contributed by atoms with van der Waals surface area (Å²) >= 11 is 27.0. The van der Waals surface area contributed by atoms with Crippen LogP contribution < -0.4 is 20.5 Å². The van der Waals surface area contributed by atoms with E-state index in [2.05, 4.69) is 10.7 Å². The summed E-state index contributed by atoms with van der Waals surface area (Å²) in [5.74, 6) is 0.343. The first-order valence-corrected chi connectivity index (χ1v) is 17.0. The lowest BCUT2D eigenvalue weighted by molar-refractivity contribution is -0.122. The van der Waals surface area contributed by atoms with Crippen LogP contribution in [0.1, 0.15) is 31.4 Å². The number of hydrazine groups is 1. The number of halogens is 4. The largest absolute Gasteiger partial charge is 0.480 e. The average molecular weight is 719 g/mol. The van der Waals surface area contributed by atoms with Gasteiger partial charge >= 0.3 is 0 Å². The number of ether oxygens (including phenoxy) is 1. The number of amides is 2. The third kappa shape index (κ3) is 7.69. The van der Waals surface area contributed by atoms with E-state index in [1.807, 2.05) is 82.3 Å². The molecule has 2 aliphatic rings. The van der Waals surface area contributed by atoms with Crippen LogP contribution >= 0.6 is 58.2 Å². The molecule has 4 unspecified atom stereocenters. The maximum atomic E-state index is 14.1. The Labute approximate surface area is 292 Å². The molecule has 0 bridgehead atoms. The normalized spacial score (nSPS) is 20.8. The molecule has 3 aromatic rings. The standard InChI is InChI=1S/C34H32Cl4N4O3S/c1-5-27(45-28-13-11-18(2)14-20(28)4)33(43)40-25-8-6-7-9-29(25)46-31-32(39-26-15-19(3)10-12-22(26)36)41-42(34(31)44)30-23(37)16-21(35)17-24(30)38/h6-17,22,26-27,31H,5H2,1-4H3,(H,39,41)(H,40,43). The number of aryl methyl sites for hydroxylation is 2. The van der Waals surface area contributed by atoms with Crippen molar-refractivity contribution < 1.29 is 14.3 Å². The molecule has 46 heavy (non-hydrogen) atoms. The van der Waals surface area contributed by atoms with Gasteiger partial charge in [0.05, 0.1) is 27.2 Å². The first-order valence-electron chi connectivity index (χ1n) is 14.6. The van der Waals surface area contributed by atoms with Crippen molar-refractivity contribution in [1.29, 1.82) is 0 Å². The predicted molar refractivity (Wildman–Crippen MR) is 191 cm³/mol. The number of benzene rings is 3. The third-order valence-corrected chi connectivity index (χ3v) is 9.84. The maximum absolute atomic E-state index is 14.1. The molecule has 7 nitrogen and oxygen atoms in total. The second-order valence-corrected chi connectivity index (χ2v) is 13.9. The summed E-state index contributed by atoms with van der Waals surface area (Å²) in [6.45, 7) is 7.80. The quantitative estimate of drug-likeness (QED) is 0.216. The second-order valence-electron chi connectivity index (χ2n) is 11.0. The Hall–Kier alpha value is -3.14. The van der Waals surface area contributed by atoms with Gasteiger partial charge in [-0.05, 0) is 63.1 Å². The van der Waals surface area contributed by atoms with Gasteiger partial charge in [0.25, 0.3) is 11.8 Å². The molecule has 1 fully saturated rings. The van der Waals surface area contributed by atoms with Crippen LogP contribution in [-0.4, -0.2) is 40.4 Å². The number of aliphatic imine (C=N–C) groups is 1. The third-order valence-electron chi connectivity index (χ3n) is 7.37. The molecular weight excluding hydrogens is 686 g/mol. The van der Waals surface area contributed by atoms with Crippen molar-refractivity contribution in [3.05, 3.63) is 105 Å². The molecule has 240 valence electrons. The zero-order valence-corrected chi connectivity index (χ0v) is 29.3. The molecule has 2 N–H and O–H groups in total. The summed E-state index contributed by atoms with van der Waals surface area (Å²) in [5.41, 5.74) is 6.96. The van der Waals surface area contributed by atoms with Crippen LogP contribution in [0.3, 0.4) is 0 Å². The highest BCUT2D eigenvalue weighted by molar-refractivity contribution is 8.01. The summed E-state index contributed by atoms with van der Waals surface area (Å²) in [7, 11) is 0. The Balaban J connectivity index is 1.45. The van der Waals surface area contributed by atoms with E-state index < -0.39 is 22.8 Å². The number of carbonyl (C=O) groups is 2. The van der Waals surface area contributed by atoms with E-state index in [1.54, 1.807) is 6.07 Å². The molecule has 0 spiro atoms. The number of nitrogens with one attached hydrogen (secondary N) is 2. The van der Waals surface area contributed by atoms with Crippen LogP contribution in [-0.2, 0) is 9.59 Å². The van der Waals surface area contributed by atoms with Crippen molar-refractivity contribution in [2.75, 3.05) is 10.3 Å². The zero-order chi connectivity index (χ0) is 33.1. The molecule has 1 heterocycles. The van der Waals surface area contributed by atoms with Crippen molar-refractivity contribution in [2.45, 2.75) is 61.8 Å². The van der Waals surface area contributed by atoms with E-state index in [9.17, 15) is 9.59 Å². The molecule has 1 aliphatic carbocycles. The molecule has 3 aromatic carbocycles. The average Bonchev–Trinajstić information content (AvgIpc) is 3.28. The van der Waals surface area contributed by atoms with Crippen molar-refractivity contribution in [2.24, 2.45) is 4.99 Å². The minimum absolute atomic E-state index is 0.192. The van der Waals surface area contributed by atoms with Gasteiger partial charge in [-0.1, -0.05) is 95.4 Å². The summed E-state index contributed by atoms with van der Waals surface area (Å²) in [4.78, 5) is 33.1. The molecule has 4 atom stereocenters. The van der Waals surface area contributed by atoms with Gasteiger partial charge in [-0.3, -0.25) is 20.0 Å². The van der Waals surface area contributed by atoms with Crippen LogP contribution in [0.4, 0.5) is 11.4 Å². The predicted octanol–water partition coefficient (Wildman–Crippen LogP) is 8.96. The molecule has 2 amide bonds. The van der Waals surface area contributed by atoms with Crippen LogP contribution in [0.25, 0.3) is 0 Å². The van der Waals surface area contributed by atoms with E-state index in [0.717, 1.165) is 16.7 Å². The van der Waals surface area contributed by atoms with Crippen LogP contribution in [0, 0.1) is 13.8 Å². The van der Waals surface area contributed by atoms with Gasteiger partial charge in [0.15, 0.2) is 6.10 Å². The van der Waals surface area contributed by atoms with Gasteiger partial charge in [-0.15, -0.1) is 23.4 Å². The molecule has 1 saturated heterocycles. The number of hydrogen-bond acceptors (Lipinski definition) is 5. The van der Waals surface area contributed by atoms with Crippen molar-refractivity contribution in [1.82, 2.24) is 5.43 Å². The Kier molecular flexibility index (Phi) is 11.0. The van der Waals surface area contributed by atoms with Gasteiger partial charge in [0, 0.05) is 9.92 Å². The van der Waals surface area contributed by atoms with Gasteiger partial charge in [0.1, 0.15) is 22.5 Å². The maximum Gasteiger partial charge on any atom is 0.267 e. The lowest BCUT2D eigenvalue weighted by Gasteiger charge is -2.20. The topological polar surface area (TPSA) is 83.0 Å². The molecular formula is C34H32Cl4N4O3S. The molecule has 0 radical (unpaired) electrons. The molecule has 0 saturated carbocycles. The molecule has 5 rings (SSSR count). The van der Waals surface area contributed by atoms with Crippen molar-refractivity contribution in [3.63, 3.8) is 0 Å². The summed E-state index contributed by atoms with van der Waals surface area (Å²) in [6.07, 6.45) is 5.46. The number of allylic oxidation sites excluding steroid dienone is 2. The number of hydrogen-bond donors (Lipinski definition) is 2. The number of carbonyl (C=O) groups excluding carboxylic acids is 2. The van der Waals surface area contributed by atoms with E-state index >= 15 is 0 Å². The monoisotopic (exact) mass is 716 g/mol. The van der Waals surface area contributed by atoms with Crippen molar-refractivity contribution >= 4 is 87.2 Å². The Morgan fingerprint density at radius 1 is 1.09 bits per heavy atom. The fourth-order valence-corrected chi connectivity index (χ4v) is 7.32. The van der Waals surface area contributed by atoms with Crippen LogP contribution in [0.15, 0.2) is 88.3 Å². The molecule has 0 aromatic heterocycles. The van der Waals surface area contributed by atoms with Crippen LogP contribution in [0.5, 0.6) is 5.75 Å². The van der Waals surface area contributed by atoms with Gasteiger partial charge in [-0.2, -0.15) is 0 Å². The number of anilines is 2.